The van der Waals surface area contributed by atoms with Gasteiger partial charge in [-0.2, -0.15) is 0 Å². The number of hydrogen-bond acceptors (Lipinski definition) is 4. The van der Waals surface area contributed by atoms with E-state index in [4.69, 9.17) is 21.1 Å². The Bertz CT molecular complexity index is 644. The predicted molar refractivity (Wildman–Crippen MR) is 114 cm³/mol. The van der Waals surface area contributed by atoms with Gasteiger partial charge in [-0.1, -0.05) is 23.7 Å². The molecule has 7 heteroatoms. The van der Waals surface area contributed by atoms with Crippen LogP contribution in [0.3, 0.4) is 0 Å². The van der Waals surface area contributed by atoms with Gasteiger partial charge in [0.2, 0.25) is 0 Å². The number of nitrogens with one attached hydrogen (secondary N) is 2. The molecule has 156 valence electrons. The van der Waals surface area contributed by atoms with Gasteiger partial charge >= 0.3 is 0 Å². The second kappa shape index (κ2) is 9.92. The lowest BCUT2D eigenvalue weighted by Gasteiger charge is -2.42. The van der Waals surface area contributed by atoms with Crippen molar-refractivity contribution >= 4 is 17.6 Å². The van der Waals surface area contributed by atoms with Crippen LogP contribution in [0.5, 0.6) is 0 Å². The number of halogens is 1. The van der Waals surface area contributed by atoms with Crippen LogP contribution in [0.25, 0.3) is 0 Å². The average molecular weight is 409 g/mol. The van der Waals surface area contributed by atoms with Gasteiger partial charge in [0.05, 0.1) is 24.4 Å². The van der Waals surface area contributed by atoms with E-state index >= 15 is 0 Å². The standard InChI is InChI=1S/C21H33ClN4O2/c1-21(2)15-26(10-12-28-21)19(16-6-8-17(22)9-7-16)14-25-20(23-3)24-13-18-5-4-11-27-18/h6-9,18-19H,4-5,10-15H2,1-3H3,(H2,23,24,25). The number of ether oxygens (including phenoxy) is 2. The zero-order chi connectivity index (χ0) is 20.0. The molecule has 2 N–H and O–H groups in total. The summed E-state index contributed by atoms with van der Waals surface area (Å²) in [5, 5.41) is 7.65. The number of rotatable bonds is 6. The van der Waals surface area contributed by atoms with Crippen LogP contribution >= 0.6 is 11.6 Å². The highest BCUT2D eigenvalue weighted by Crippen LogP contribution is 2.27. The zero-order valence-electron chi connectivity index (χ0n) is 17.2. The molecule has 3 rings (SSSR count). The fourth-order valence-corrected chi connectivity index (χ4v) is 4.02. The third kappa shape index (κ3) is 6.08. The van der Waals surface area contributed by atoms with Crippen molar-refractivity contribution in [2.24, 2.45) is 4.99 Å². The molecule has 0 saturated carbocycles. The summed E-state index contributed by atoms with van der Waals surface area (Å²) in [6, 6.07) is 8.35. The molecule has 2 aliphatic rings. The number of guanidine groups is 1. The fourth-order valence-electron chi connectivity index (χ4n) is 3.89. The van der Waals surface area contributed by atoms with Crippen molar-refractivity contribution in [2.45, 2.75) is 44.4 Å². The van der Waals surface area contributed by atoms with E-state index in [0.29, 0.717) is 0 Å². The van der Waals surface area contributed by atoms with Crippen molar-refractivity contribution in [1.29, 1.82) is 0 Å². The number of aliphatic imine (C=N–C) groups is 1. The van der Waals surface area contributed by atoms with E-state index in [1.54, 1.807) is 7.05 Å². The average Bonchev–Trinajstić information content (AvgIpc) is 3.18. The van der Waals surface area contributed by atoms with Gasteiger partial charge in [-0.25, -0.2) is 0 Å². The van der Waals surface area contributed by atoms with Crippen LogP contribution in [0, 0.1) is 0 Å². The zero-order valence-corrected chi connectivity index (χ0v) is 18.0. The van der Waals surface area contributed by atoms with Gasteiger partial charge < -0.3 is 20.1 Å². The summed E-state index contributed by atoms with van der Waals surface area (Å²) in [6.07, 6.45) is 2.54. The Morgan fingerprint density at radius 1 is 1.29 bits per heavy atom. The minimum Gasteiger partial charge on any atom is -0.376 e. The quantitative estimate of drug-likeness (QED) is 0.560. The topological polar surface area (TPSA) is 58.1 Å². The van der Waals surface area contributed by atoms with E-state index in [-0.39, 0.29) is 17.7 Å². The van der Waals surface area contributed by atoms with Crippen molar-refractivity contribution in [1.82, 2.24) is 15.5 Å². The van der Waals surface area contributed by atoms with E-state index in [1.807, 2.05) is 12.1 Å². The van der Waals surface area contributed by atoms with Gasteiger partial charge in [-0.3, -0.25) is 9.89 Å². The van der Waals surface area contributed by atoms with Crippen molar-refractivity contribution < 1.29 is 9.47 Å². The van der Waals surface area contributed by atoms with Gasteiger partial charge in [0.15, 0.2) is 5.96 Å². The van der Waals surface area contributed by atoms with Gasteiger partial charge in [-0.15, -0.1) is 0 Å². The SMILES string of the molecule is CN=C(NCC1CCCO1)NCC(c1ccc(Cl)cc1)N1CCOC(C)(C)C1. The van der Waals surface area contributed by atoms with Crippen LogP contribution in [-0.4, -0.2) is 69.0 Å². The number of morpholine rings is 1. The highest BCUT2D eigenvalue weighted by atomic mass is 35.5. The lowest BCUT2D eigenvalue weighted by molar-refractivity contribution is -0.0971. The third-order valence-corrected chi connectivity index (χ3v) is 5.61. The van der Waals surface area contributed by atoms with Crippen LogP contribution < -0.4 is 10.6 Å². The second-order valence-corrected chi connectivity index (χ2v) is 8.55. The van der Waals surface area contributed by atoms with Crippen molar-refractivity contribution in [3.63, 3.8) is 0 Å². The Morgan fingerprint density at radius 3 is 2.71 bits per heavy atom. The molecule has 2 saturated heterocycles. The Labute approximate surface area is 173 Å². The molecule has 0 aliphatic carbocycles. The first-order valence-corrected chi connectivity index (χ1v) is 10.5. The first-order chi connectivity index (χ1) is 13.5. The van der Waals surface area contributed by atoms with Crippen LogP contribution in [0.15, 0.2) is 29.3 Å². The van der Waals surface area contributed by atoms with Crippen molar-refractivity contribution in [3.05, 3.63) is 34.9 Å². The minimum absolute atomic E-state index is 0.150. The number of benzene rings is 1. The number of nitrogens with zero attached hydrogens (tertiary/aromatic N) is 2. The molecule has 0 bridgehead atoms. The largest absolute Gasteiger partial charge is 0.376 e. The summed E-state index contributed by atoms with van der Waals surface area (Å²) >= 11 is 6.11. The highest BCUT2D eigenvalue weighted by Gasteiger charge is 2.32. The molecular formula is C21H33ClN4O2. The molecule has 2 atom stereocenters. The van der Waals surface area contributed by atoms with Gasteiger partial charge in [-0.05, 0) is 44.4 Å². The van der Waals surface area contributed by atoms with E-state index in [2.05, 4.69) is 46.5 Å². The lowest BCUT2D eigenvalue weighted by atomic mass is 10.0. The molecule has 2 aliphatic heterocycles. The van der Waals surface area contributed by atoms with Gasteiger partial charge in [0, 0.05) is 44.9 Å². The summed E-state index contributed by atoms with van der Waals surface area (Å²) in [5.74, 6) is 0.807. The van der Waals surface area contributed by atoms with E-state index in [0.717, 1.165) is 63.2 Å². The van der Waals surface area contributed by atoms with Gasteiger partial charge in [0.1, 0.15) is 0 Å². The van der Waals surface area contributed by atoms with Crippen LogP contribution in [-0.2, 0) is 9.47 Å². The summed E-state index contributed by atoms with van der Waals surface area (Å²) in [6.45, 7) is 9.22. The molecule has 28 heavy (non-hydrogen) atoms. The molecule has 1 aromatic carbocycles. The van der Waals surface area contributed by atoms with Crippen LogP contribution in [0.2, 0.25) is 5.02 Å². The van der Waals surface area contributed by atoms with Crippen molar-refractivity contribution in [3.8, 4) is 0 Å². The normalized spacial score (nSPS) is 24.1. The van der Waals surface area contributed by atoms with Crippen LogP contribution in [0.4, 0.5) is 0 Å². The van der Waals surface area contributed by atoms with E-state index < -0.39 is 0 Å². The Kier molecular flexibility index (Phi) is 7.57. The molecule has 0 amide bonds. The lowest BCUT2D eigenvalue weighted by Crippen LogP contribution is -2.52. The first-order valence-electron chi connectivity index (χ1n) is 10.2. The molecule has 0 spiro atoms. The monoisotopic (exact) mass is 408 g/mol. The summed E-state index contributed by atoms with van der Waals surface area (Å²) in [5.41, 5.74) is 1.09. The maximum atomic E-state index is 6.11. The second-order valence-electron chi connectivity index (χ2n) is 8.12. The molecule has 1 aromatic rings. The molecule has 2 unspecified atom stereocenters. The maximum Gasteiger partial charge on any atom is 0.191 e. The van der Waals surface area contributed by atoms with E-state index in [1.165, 1.54) is 5.56 Å². The van der Waals surface area contributed by atoms with Gasteiger partial charge in [0.25, 0.3) is 0 Å². The molecule has 0 aromatic heterocycles. The Hall–Kier alpha value is -1.34. The summed E-state index contributed by atoms with van der Waals surface area (Å²) in [4.78, 5) is 6.86. The molecule has 0 radical (unpaired) electrons. The van der Waals surface area contributed by atoms with E-state index in [9.17, 15) is 0 Å². The Morgan fingerprint density at radius 2 is 2.07 bits per heavy atom. The molecule has 6 nitrogen and oxygen atoms in total. The third-order valence-electron chi connectivity index (χ3n) is 5.36. The molecule has 2 heterocycles. The summed E-state index contributed by atoms with van der Waals surface area (Å²) in [7, 11) is 1.81. The first kappa shape index (κ1) is 21.4. The fraction of sp³-hybridized carbons (Fsp3) is 0.667. The Balaban J connectivity index is 1.65. The predicted octanol–water partition coefficient (Wildman–Crippen LogP) is 2.84. The summed E-state index contributed by atoms with van der Waals surface area (Å²) < 4.78 is 11.6. The minimum atomic E-state index is -0.150. The maximum absolute atomic E-state index is 6.11. The highest BCUT2D eigenvalue weighted by molar-refractivity contribution is 6.30. The smallest absolute Gasteiger partial charge is 0.191 e. The molecular weight excluding hydrogens is 376 g/mol. The van der Waals surface area contributed by atoms with Crippen LogP contribution in [0.1, 0.15) is 38.3 Å². The number of hydrogen-bond donors (Lipinski definition) is 2. The molecule has 2 fully saturated rings. The van der Waals surface area contributed by atoms with Crippen molar-refractivity contribution in [2.75, 3.05) is 46.4 Å².